The predicted octanol–water partition coefficient (Wildman–Crippen LogP) is 6.42. The van der Waals surface area contributed by atoms with Crippen LogP contribution < -0.4 is 0 Å². The maximum Gasteiger partial charge on any atom is 0.135 e. The summed E-state index contributed by atoms with van der Waals surface area (Å²) in [6, 6.07) is 19.3. The second-order valence-corrected chi connectivity index (χ2v) is 7.80. The van der Waals surface area contributed by atoms with Gasteiger partial charge in [0.15, 0.2) is 0 Å². The molecular weight excluding hydrogens is 292 g/mol. The van der Waals surface area contributed by atoms with Crippen LogP contribution >= 0.6 is 0 Å². The monoisotopic (exact) mass is 322 g/mol. The Balaban J connectivity index is 2.13. The van der Waals surface area contributed by atoms with E-state index in [2.05, 4.69) is 76.2 Å². The van der Waals surface area contributed by atoms with E-state index in [-0.39, 0.29) is 10.8 Å². The molecule has 128 valence electrons. The van der Waals surface area contributed by atoms with Gasteiger partial charge in [-0.2, -0.15) is 0 Å². The van der Waals surface area contributed by atoms with Gasteiger partial charge in [0.1, 0.15) is 5.78 Å². The number of Topliss-reactive ketones (excluding diaryl/α,β-unsaturated/α-hetero) is 1. The van der Waals surface area contributed by atoms with Crippen LogP contribution in [-0.4, -0.2) is 5.78 Å². The SMILES string of the molecule is CCC(C)(CCC(C)(C)c1ccc(-c2ccccc2)cc1)C(C)=O. The zero-order chi connectivity index (χ0) is 17.8. The van der Waals surface area contributed by atoms with Crippen molar-refractivity contribution >= 4 is 5.78 Å². The van der Waals surface area contributed by atoms with Crippen molar-refractivity contribution in [3.63, 3.8) is 0 Å². The average Bonchev–Trinajstić information content (AvgIpc) is 2.60. The maximum atomic E-state index is 12.0. The summed E-state index contributed by atoms with van der Waals surface area (Å²) >= 11 is 0. The van der Waals surface area contributed by atoms with Gasteiger partial charge in [-0.05, 0) is 48.3 Å². The van der Waals surface area contributed by atoms with Crippen LogP contribution in [0.5, 0.6) is 0 Å². The number of carbonyl (C=O) groups excluding carboxylic acids is 1. The normalized spacial score (nSPS) is 14.2. The third-order valence-corrected chi connectivity index (χ3v) is 5.71. The molecule has 2 aromatic rings. The lowest BCUT2D eigenvalue weighted by molar-refractivity contribution is -0.126. The molecule has 2 rings (SSSR count). The molecular formula is C23H30O. The third-order valence-electron chi connectivity index (χ3n) is 5.71. The van der Waals surface area contributed by atoms with Crippen molar-refractivity contribution in [2.75, 3.05) is 0 Å². The largest absolute Gasteiger partial charge is 0.299 e. The molecule has 1 unspecified atom stereocenters. The van der Waals surface area contributed by atoms with Gasteiger partial charge in [0.25, 0.3) is 0 Å². The average molecular weight is 322 g/mol. The Kier molecular flexibility index (Phi) is 5.64. The van der Waals surface area contributed by atoms with Crippen LogP contribution in [0.4, 0.5) is 0 Å². The molecule has 0 fully saturated rings. The molecule has 0 aliphatic carbocycles. The summed E-state index contributed by atoms with van der Waals surface area (Å²) in [5.74, 6) is 0.306. The smallest absolute Gasteiger partial charge is 0.135 e. The van der Waals surface area contributed by atoms with E-state index in [4.69, 9.17) is 0 Å². The van der Waals surface area contributed by atoms with Gasteiger partial charge in [-0.15, -0.1) is 0 Å². The van der Waals surface area contributed by atoms with Crippen LogP contribution in [0.2, 0.25) is 0 Å². The lowest BCUT2D eigenvalue weighted by atomic mass is 9.72. The summed E-state index contributed by atoms with van der Waals surface area (Å²) in [6.07, 6.45) is 2.86. The Morgan fingerprint density at radius 3 is 1.88 bits per heavy atom. The standard InChI is InChI=1S/C23H30O/c1-6-23(5,18(2)24)17-16-22(3,4)21-14-12-20(13-15-21)19-10-8-7-9-11-19/h7-15H,6,16-17H2,1-5H3. The molecule has 0 N–H and O–H groups in total. The van der Waals surface area contributed by atoms with E-state index < -0.39 is 0 Å². The fraction of sp³-hybridized carbons (Fsp3) is 0.435. The van der Waals surface area contributed by atoms with E-state index in [1.807, 2.05) is 6.07 Å². The van der Waals surface area contributed by atoms with Crippen molar-refractivity contribution in [2.45, 2.75) is 59.3 Å². The van der Waals surface area contributed by atoms with E-state index in [0.717, 1.165) is 19.3 Å². The maximum absolute atomic E-state index is 12.0. The molecule has 1 heteroatoms. The number of rotatable bonds is 7. The Bertz CT molecular complexity index is 667. The highest BCUT2D eigenvalue weighted by Crippen LogP contribution is 2.37. The van der Waals surface area contributed by atoms with Gasteiger partial charge >= 0.3 is 0 Å². The van der Waals surface area contributed by atoms with Crippen molar-refractivity contribution < 1.29 is 4.79 Å². The lowest BCUT2D eigenvalue weighted by Crippen LogP contribution is -2.28. The molecule has 1 atom stereocenters. The first-order valence-electron chi connectivity index (χ1n) is 8.95. The van der Waals surface area contributed by atoms with Gasteiger partial charge in [0.2, 0.25) is 0 Å². The number of carbonyl (C=O) groups is 1. The fourth-order valence-corrected chi connectivity index (χ4v) is 3.08. The Labute approximate surface area is 147 Å². The van der Waals surface area contributed by atoms with Crippen molar-refractivity contribution in [1.29, 1.82) is 0 Å². The molecule has 24 heavy (non-hydrogen) atoms. The number of hydrogen-bond acceptors (Lipinski definition) is 1. The first-order valence-corrected chi connectivity index (χ1v) is 8.95. The van der Waals surface area contributed by atoms with Crippen molar-refractivity contribution in [3.8, 4) is 11.1 Å². The molecule has 0 radical (unpaired) electrons. The van der Waals surface area contributed by atoms with Crippen LogP contribution in [0, 0.1) is 5.41 Å². The summed E-state index contributed by atoms with van der Waals surface area (Å²) in [6.45, 7) is 10.5. The Morgan fingerprint density at radius 1 is 0.833 bits per heavy atom. The first-order chi connectivity index (χ1) is 11.3. The van der Waals surface area contributed by atoms with Crippen LogP contribution in [0.15, 0.2) is 54.6 Å². The van der Waals surface area contributed by atoms with Gasteiger partial charge in [0.05, 0.1) is 0 Å². The van der Waals surface area contributed by atoms with Crippen molar-refractivity contribution in [3.05, 3.63) is 60.2 Å². The third kappa shape index (κ3) is 4.14. The molecule has 0 saturated heterocycles. The van der Waals surface area contributed by atoms with Gasteiger partial charge in [-0.25, -0.2) is 0 Å². The minimum absolute atomic E-state index is 0.0705. The van der Waals surface area contributed by atoms with Crippen LogP contribution in [0.25, 0.3) is 11.1 Å². The summed E-state index contributed by atoms with van der Waals surface area (Å²) in [5, 5.41) is 0. The van der Waals surface area contributed by atoms with Crippen molar-refractivity contribution in [2.24, 2.45) is 5.41 Å². The highest BCUT2D eigenvalue weighted by molar-refractivity contribution is 5.81. The van der Waals surface area contributed by atoms with E-state index >= 15 is 0 Å². The second-order valence-electron chi connectivity index (χ2n) is 7.80. The molecule has 0 bridgehead atoms. The van der Waals surface area contributed by atoms with E-state index in [1.54, 1.807) is 6.92 Å². The van der Waals surface area contributed by atoms with Crippen LogP contribution in [0.1, 0.15) is 59.4 Å². The molecule has 0 spiro atoms. The molecule has 0 aliphatic heterocycles. The number of benzene rings is 2. The van der Waals surface area contributed by atoms with Gasteiger partial charge in [-0.1, -0.05) is 82.3 Å². The number of hydrogen-bond donors (Lipinski definition) is 0. The zero-order valence-corrected chi connectivity index (χ0v) is 15.7. The van der Waals surface area contributed by atoms with Crippen molar-refractivity contribution in [1.82, 2.24) is 0 Å². The zero-order valence-electron chi connectivity index (χ0n) is 15.7. The highest BCUT2D eigenvalue weighted by atomic mass is 16.1. The molecule has 0 heterocycles. The topological polar surface area (TPSA) is 17.1 Å². The Hall–Kier alpha value is -1.89. The van der Waals surface area contributed by atoms with Crippen LogP contribution in [0.3, 0.4) is 0 Å². The molecule has 0 saturated carbocycles. The first kappa shape index (κ1) is 18.4. The predicted molar refractivity (Wildman–Crippen MR) is 103 cm³/mol. The molecule has 1 nitrogen and oxygen atoms in total. The lowest BCUT2D eigenvalue weighted by Gasteiger charge is -2.32. The Morgan fingerprint density at radius 2 is 1.38 bits per heavy atom. The molecule has 0 aromatic heterocycles. The number of ketones is 1. The summed E-state index contributed by atoms with van der Waals surface area (Å²) in [4.78, 5) is 12.0. The molecule has 0 amide bonds. The quantitative estimate of drug-likeness (QED) is 0.575. The van der Waals surface area contributed by atoms with E-state index in [9.17, 15) is 4.79 Å². The van der Waals surface area contributed by atoms with Gasteiger partial charge in [-0.3, -0.25) is 4.79 Å². The van der Waals surface area contributed by atoms with Gasteiger partial charge in [0, 0.05) is 5.41 Å². The summed E-state index contributed by atoms with van der Waals surface area (Å²) in [5.41, 5.74) is 3.71. The fourth-order valence-electron chi connectivity index (χ4n) is 3.08. The molecule has 0 aliphatic rings. The highest BCUT2D eigenvalue weighted by Gasteiger charge is 2.31. The molecule has 2 aromatic carbocycles. The van der Waals surface area contributed by atoms with Gasteiger partial charge < -0.3 is 0 Å². The van der Waals surface area contributed by atoms with E-state index in [0.29, 0.717) is 5.78 Å². The minimum atomic E-state index is -0.193. The van der Waals surface area contributed by atoms with E-state index in [1.165, 1.54) is 16.7 Å². The summed E-state index contributed by atoms with van der Waals surface area (Å²) in [7, 11) is 0. The summed E-state index contributed by atoms with van der Waals surface area (Å²) < 4.78 is 0. The second kappa shape index (κ2) is 7.34. The van der Waals surface area contributed by atoms with Crippen LogP contribution in [-0.2, 0) is 10.2 Å². The minimum Gasteiger partial charge on any atom is -0.299 e.